The molecule has 92 valence electrons. The van der Waals surface area contributed by atoms with Crippen LogP contribution in [-0.2, 0) is 9.59 Å². The van der Waals surface area contributed by atoms with Crippen molar-refractivity contribution in [2.24, 2.45) is 0 Å². The van der Waals surface area contributed by atoms with Gasteiger partial charge in [-0.2, -0.15) is 0 Å². The molecule has 0 atom stereocenters. The van der Waals surface area contributed by atoms with Gasteiger partial charge in [0, 0.05) is 0 Å². The molecule has 0 saturated heterocycles. The summed E-state index contributed by atoms with van der Waals surface area (Å²) in [6.07, 6.45) is 0. The molecule has 6 nitrogen and oxygen atoms in total. The van der Waals surface area contributed by atoms with E-state index in [2.05, 4.69) is 10.6 Å². The van der Waals surface area contributed by atoms with E-state index in [1.807, 2.05) is 6.07 Å². The molecule has 1 rings (SSSR count). The number of hydrogen-bond acceptors (Lipinski definition) is 4. The van der Waals surface area contributed by atoms with E-state index in [4.69, 9.17) is 9.84 Å². The number of anilines is 1. The lowest BCUT2D eigenvalue weighted by molar-refractivity contribution is -0.137. The topological polar surface area (TPSA) is 87.7 Å². The molecule has 1 amide bonds. The van der Waals surface area contributed by atoms with Crippen molar-refractivity contribution in [1.29, 1.82) is 0 Å². The molecule has 0 aliphatic rings. The van der Waals surface area contributed by atoms with Crippen molar-refractivity contribution in [2.45, 2.75) is 0 Å². The van der Waals surface area contributed by atoms with E-state index in [9.17, 15) is 9.59 Å². The number of ether oxygens (including phenoxy) is 1. The maximum Gasteiger partial charge on any atom is 0.322 e. The highest BCUT2D eigenvalue weighted by Gasteiger charge is 2.05. The third-order valence-corrected chi connectivity index (χ3v) is 1.98. The average Bonchev–Trinajstić information content (AvgIpc) is 2.34. The number of carboxylic acid groups (broad SMARTS) is 1. The van der Waals surface area contributed by atoms with Crippen LogP contribution in [0.3, 0.4) is 0 Å². The first-order chi connectivity index (χ1) is 8.13. The average molecular weight is 238 g/mol. The van der Waals surface area contributed by atoms with Gasteiger partial charge in [0.15, 0.2) is 0 Å². The molecule has 0 radical (unpaired) electrons. The highest BCUT2D eigenvalue weighted by Crippen LogP contribution is 2.22. The van der Waals surface area contributed by atoms with Crippen molar-refractivity contribution in [3.63, 3.8) is 0 Å². The van der Waals surface area contributed by atoms with E-state index >= 15 is 0 Å². The molecule has 0 spiro atoms. The lowest BCUT2D eigenvalue weighted by Gasteiger charge is -2.10. The Morgan fingerprint density at radius 2 is 2.00 bits per heavy atom. The van der Waals surface area contributed by atoms with Crippen molar-refractivity contribution in [3.8, 4) is 5.75 Å². The number of carbonyl (C=O) groups excluding carboxylic acids is 1. The SMILES string of the molecule is COc1ccccc1NCC(=O)NCC(=O)O. The number of rotatable bonds is 6. The standard InChI is InChI=1S/C11H14N2O4/c1-17-9-5-3-2-4-8(9)12-6-10(14)13-7-11(15)16/h2-5,12H,6-7H2,1H3,(H,13,14)(H,15,16). The number of para-hydroxylation sites is 2. The quantitative estimate of drug-likeness (QED) is 0.663. The van der Waals surface area contributed by atoms with Crippen molar-refractivity contribution in [2.75, 3.05) is 25.5 Å². The molecule has 1 aromatic carbocycles. The molecule has 6 heteroatoms. The van der Waals surface area contributed by atoms with Crippen LogP contribution < -0.4 is 15.4 Å². The van der Waals surface area contributed by atoms with Gasteiger partial charge in [-0.1, -0.05) is 12.1 Å². The number of carbonyl (C=O) groups is 2. The van der Waals surface area contributed by atoms with E-state index in [0.29, 0.717) is 11.4 Å². The molecule has 3 N–H and O–H groups in total. The highest BCUT2D eigenvalue weighted by atomic mass is 16.5. The lowest BCUT2D eigenvalue weighted by atomic mass is 10.3. The molecule has 0 aliphatic heterocycles. The fraction of sp³-hybridized carbons (Fsp3) is 0.273. The van der Waals surface area contributed by atoms with Gasteiger partial charge in [-0.3, -0.25) is 9.59 Å². The minimum Gasteiger partial charge on any atom is -0.495 e. The first kappa shape index (κ1) is 12.8. The second kappa shape index (κ2) is 6.37. The largest absolute Gasteiger partial charge is 0.495 e. The number of hydrogen-bond donors (Lipinski definition) is 3. The molecule has 0 saturated carbocycles. The summed E-state index contributed by atoms with van der Waals surface area (Å²) >= 11 is 0. The molecule has 0 bridgehead atoms. The van der Waals surface area contributed by atoms with E-state index in [1.165, 1.54) is 7.11 Å². The number of amides is 1. The third kappa shape index (κ3) is 4.42. The maximum atomic E-state index is 11.2. The Bertz CT molecular complexity index is 406. The Labute approximate surface area is 98.6 Å². The number of benzene rings is 1. The van der Waals surface area contributed by atoms with Gasteiger partial charge in [0.05, 0.1) is 19.3 Å². The molecular formula is C11H14N2O4. The van der Waals surface area contributed by atoms with Crippen LogP contribution in [0.1, 0.15) is 0 Å². The van der Waals surface area contributed by atoms with E-state index < -0.39 is 11.9 Å². The van der Waals surface area contributed by atoms with Gasteiger partial charge >= 0.3 is 5.97 Å². The van der Waals surface area contributed by atoms with Crippen LogP contribution in [0.5, 0.6) is 5.75 Å². The smallest absolute Gasteiger partial charge is 0.322 e. The molecule has 0 unspecified atom stereocenters. The molecule has 0 fully saturated rings. The van der Waals surface area contributed by atoms with Crippen LogP contribution in [0.4, 0.5) is 5.69 Å². The fourth-order valence-electron chi connectivity index (χ4n) is 1.20. The Balaban J connectivity index is 2.44. The first-order valence-corrected chi connectivity index (χ1v) is 4.99. The summed E-state index contributed by atoms with van der Waals surface area (Å²) in [6.45, 7) is -0.389. The molecule has 0 aliphatic carbocycles. The van der Waals surface area contributed by atoms with Crippen molar-refractivity contribution < 1.29 is 19.4 Å². The van der Waals surface area contributed by atoms with Gasteiger partial charge in [-0.25, -0.2) is 0 Å². The summed E-state index contributed by atoms with van der Waals surface area (Å²) in [6, 6.07) is 7.15. The van der Waals surface area contributed by atoms with Crippen LogP contribution in [0, 0.1) is 0 Å². The van der Waals surface area contributed by atoms with Crippen LogP contribution in [0.25, 0.3) is 0 Å². The Morgan fingerprint density at radius 3 is 2.65 bits per heavy atom. The second-order valence-electron chi connectivity index (χ2n) is 3.22. The van der Waals surface area contributed by atoms with E-state index in [0.717, 1.165) is 0 Å². The number of aliphatic carboxylic acids is 1. The maximum absolute atomic E-state index is 11.2. The molecule has 1 aromatic rings. The summed E-state index contributed by atoms with van der Waals surface area (Å²) in [4.78, 5) is 21.5. The lowest BCUT2D eigenvalue weighted by Crippen LogP contribution is -2.33. The fourth-order valence-corrected chi connectivity index (χ4v) is 1.20. The van der Waals surface area contributed by atoms with Crippen LogP contribution >= 0.6 is 0 Å². The highest BCUT2D eigenvalue weighted by molar-refractivity contribution is 5.84. The third-order valence-electron chi connectivity index (χ3n) is 1.98. The zero-order chi connectivity index (χ0) is 12.7. The van der Waals surface area contributed by atoms with Crippen molar-refractivity contribution in [1.82, 2.24) is 5.32 Å². The van der Waals surface area contributed by atoms with Gasteiger partial charge in [-0.05, 0) is 12.1 Å². The van der Waals surface area contributed by atoms with Gasteiger partial charge < -0.3 is 20.5 Å². The zero-order valence-corrected chi connectivity index (χ0v) is 9.40. The molecule has 0 aromatic heterocycles. The van der Waals surface area contributed by atoms with Crippen molar-refractivity contribution in [3.05, 3.63) is 24.3 Å². The summed E-state index contributed by atoms with van der Waals surface area (Å²) in [5.74, 6) is -0.840. The number of nitrogens with one attached hydrogen (secondary N) is 2. The predicted molar refractivity (Wildman–Crippen MR) is 62.1 cm³/mol. The zero-order valence-electron chi connectivity index (χ0n) is 9.40. The second-order valence-corrected chi connectivity index (χ2v) is 3.22. The number of methoxy groups -OCH3 is 1. The molecule has 0 heterocycles. The minimum absolute atomic E-state index is 0.00630. The van der Waals surface area contributed by atoms with Gasteiger partial charge in [0.25, 0.3) is 0 Å². The molecule has 17 heavy (non-hydrogen) atoms. The van der Waals surface area contributed by atoms with Gasteiger partial charge in [0.2, 0.25) is 5.91 Å². The summed E-state index contributed by atoms with van der Waals surface area (Å²) in [7, 11) is 1.53. The molecular weight excluding hydrogens is 224 g/mol. The predicted octanol–water partition coefficient (Wildman–Crippen LogP) is 0.308. The summed E-state index contributed by atoms with van der Waals surface area (Å²) in [5.41, 5.74) is 0.681. The summed E-state index contributed by atoms with van der Waals surface area (Å²) in [5, 5.41) is 13.5. The van der Waals surface area contributed by atoms with Crippen LogP contribution in [0.2, 0.25) is 0 Å². The van der Waals surface area contributed by atoms with Crippen LogP contribution in [0.15, 0.2) is 24.3 Å². The van der Waals surface area contributed by atoms with Crippen molar-refractivity contribution >= 4 is 17.6 Å². The van der Waals surface area contributed by atoms with Gasteiger partial charge in [0.1, 0.15) is 12.3 Å². The monoisotopic (exact) mass is 238 g/mol. The van der Waals surface area contributed by atoms with Gasteiger partial charge in [-0.15, -0.1) is 0 Å². The minimum atomic E-state index is -1.07. The summed E-state index contributed by atoms with van der Waals surface area (Å²) < 4.78 is 5.09. The van der Waals surface area contributed by atoms with E-state index in [-0.39, 0.29) is 13.1 Å². The van der Waals surface area contributed by atoms with E-state index in [1.54, 1.807) is 18.2 Å². The Kier molecular flexibility index (Phi) is 4.80. The first-order valence-electron chi connectivity index (χ1n) is 4.99. The normalized spacial score (nSPS) is 9.47. The Hall–Kier alpha value is -2.24. The van der Waals surface area contributed by atoms with Crippen LogP contribution in [-0.4, -0.2) is 37.2 Å². The Morgan fingerprint density at radius 1 is 1.29 bits per heavy atom. The number of carboxylic acids is 1.